The molecule has 1 fully saturated rings. The number of aromatic nitrogens is 1. The third kappa shape index (κ3) is 4.53. The van der Waals surface area contributed by atoms with Crippen LogP contribution in [0.2, 0.25) is 0 Å². The number of amides is 1. The van der Waals surface area contributed by atoms with Gasteiger partial charge < -0.3 is 19.4 Å². The molecule has 1 aliphatic heterocycles. The van der Waals surface area contributed by atoms with Crippen LogP contribution in [-0.2, 0) is 11.3 Å². The molecule has 1 N–H and O–H groups in total. The Morgan fingerprint density at radius 1 is 1.48 bits per heavy atom. The molecule has 1 aromatic carbocycles. The fraction of sp³-hybridized carbons (Fsp3) is 0.500. The highest BCUT2D eigenvalue weighted by Gasteiger charge is 2.22. The highest BCUT2D eigenvalue weighted by molar-refractivity contribution is 6.00. The van der Waals surface area contributed by atoms with Gasteiger partial charge in [0.1, 0.15) is 18.1 Å². The molecule has 0 saturated carbocycles. The van der Waals surface area contributed by atoms with Gasteiger partial charge in [-0.3, -0.25) is 4.79 Å². The molecule has 2 aromatic rings. The molecule has 0 aliphatic carbocycles. The van der Waals surface area contributed by atoms with Gasteiger partial charge in [-0.15, -0.1) is 0 Å². The Morgan fingerprint density at radius 2 is 2.33 bits per heavy atom. The highest BCUT2D eigenvalue weighted by atomic mass is 16.5. The molecule has 2 heterocycles. The summed E-state index contributed by atoms with van der Waals surface area (Å²) in [6.07, 6.45) is 6.07. The lowest BCUT2D eigenvalue weighted by molar-refractivity contribution is 0.00636. The number of ether oxygens (including phenoxy) is 2. The first-order chi connectivity index (χ1) is 13.1. The van der Waals surface area contributed by atoms with Crippen molar-refractivity contribution < 1.29 is 14.3 Å². The van der Waals surface area contributed by atoms with E-state index in [0.717, 1.165) is 42.5 Å². The minimum absolute atomic E-state index is 0.0500. The number of hydrogen-bond acceptors (Lipinski definition) is 3. The summed E-state index contributed by atoms with van der Waals surface area (Å²) < 4.78 is 13.8. The van der Waals surface area contributed by atoms with Crippen LogP contribution < -0.4 is 10.1 Å². The summed E-state index contributed by atoms with van der Waals surface area (Å²) >= 11 is 0. The van der Waals surface area contributed by atoms with Crippen molar-refractivity contribution in [3.63, 3.8) is 0 Å². The molecule has 5 nitrogen and oxygen atoms in total. The Kier molecular flexibility index (Phi) is 6.56. The number of carbonyl (C=O) groups is 1. The molecule has 2 unspecified atom stereocenters. The Morgan fingerprint density at radius 3 is 3.04 bits per heavy atom. The smallest absolute Gasteiger partial charge is 0.268 e. The number of benzene rings is 1. The first kappa shape index (κ1) is 19.5. The molecule has 0 spiro atoms. The molecule has 1 aromatic heterocycles. The summed E-state index contributed by atoms with van der Waals surface area (Å²) in [5.74, 6) is 0.722. The van der Waals surface area contributed by atoms with Crippen LogP contribution in [0.4, 0.5) is 0 Å². The summed E-state index contributed by atoms with van der Waals surface area (Å²) in [7, 11) is 0. The topological polar surface area (TPSA) is 52.5 Å². The quantitative estimate of drug-likeness (QED) is 0.705. The van der Waals surface area contributed by atoms with E-state index in [1.165, 1.54) is 6.42 Å². The maximum Gasteiger partial charge on any atom is 0.268 e. The summed E-state index contributed by atoms with van der Waals surface area (Å²) in [4.78, 5) is 12.9. The molecule has 0 radical (unpaired) electrons. The van der Waals surface area contributed by atoms with Gasteiger partial charge in [-0.2, -0.15) is 0 Å². The zero-order valence-electron chi connectivity index (χ0n) is 16.4. The number of fused-ring (bicyclic) bond motifs is 1. The summed E-state index contributed by atoms with van der Waals surface area (Å²) in [6, 6.07) is 8.01. The van der Waals surface area contributed by atoms with Crippen LogP contribution in [0.3, 0.4) is 0 Å². The average molecular weight is 370 g/mol. The average Bonchev–Trinajstić information content (AvgIpc) is 3.06. The van der Waals surface area contributed by atoms with Crippen LogP contribution in [0.1, 0.15) is 50.0 Å². The van der Waals surface area contributed by atoms with Gasteiger partial charge in [0, 0.05) is 24.6 Å². The lowest BCUT2D eigenvalue weighted by Gasteiger charge is -2.24. The predicted molar refractivity (Wildman–Crippen MR) is 108 cm³/mol. The van der Waals surface area contributed by atoms with Crippen molar-refractivity contribution in [1.29, 1.82) is 0 Å². The van der Waals surface area contributed by atoms with E-state index in [1.807, 2.05) is 31.2 Å². The zero-order chi connectivity index (χ0) is 19.2. The summed E-state index contributed by atoms with van der Waals surface area (Å²) in [6.45, 7) is 9.71. The molecule has 3 rings (SSSR count). The number of nitrogens with zero attached hydrogens (tertiary/aromatic N) is 1. The van der Waals surface area contributed by atoms with Gasteiger partial charge in [-0.1, -0.05) is 25.6 Å². The molecule has 27 heavy (non-hydrogen) atoms. The Balaban J connectivity index is 2.00. The Bertz CT molecular complexity index is 790. The van der Waals surface area contributed by atoms with Crippen molar-refractivity contribution in [2.24, 2.45) is 0 Å². The van der Waals surface area contributed by atoms with E-state index in [0.29, 0.717) is 18.8 Å². The van der Waals surface area contributed by atoms with Crippen LogP contribution in [0.15, 0.2) is 36.9 Å². The van der Waals surface area contributed by atoms with E-state index < -0.39 is 0 Å². The van der Waals surface area contributed by atoms with Gasteiger partial charge in [-0.25, -0.2) is 0 Å². The molecular weight excluding hydrogens is 340 g/mol. The number of rotatable bonds is 8. The number of hydrogen-bond donors (Lipinski definition) is 1. The van der Waals surface area contributed by atoms with Gasteiger partial charge in [0.2, 0.25) is 0 Å². The second-order valence-corrected chi connectivity index (χ2v) is 7.20. The second-order valence-electron chi connectivity index (χ2n) is 7.20. The predicted octanol–water partition coefficient (Wildman–Crippen LogP) is 4.30. The van der Waals surface area contributed by atoms with Crippen molar-refractivity contribution in [3.8, 4) is 5.75 Å². The van der Waals surface area contributed by atoms with Gasteiger partial charge >= 0.3 is 0 Å². The van der Waals surface area contributed by atoms with Crippen molar-refractivity contribution in [3.05, 3.63) is 42.6 Å². The zero-order valence-corrected chi connectivity index (χ0v) is 16.4. The minimum atomic E-state index is -0.0500. The maximum absolute atomic E-state index is 12.9. The molecule has 2 atom stereocenters. The lowest BCUT2D eigenvalue weighted by atomic mass is 10.1. The lowest BCUT2D eigenvalue weighted by Crippen LogP contribution is -2.34. The normalized spacial score (nSPS) is 18.2. The molecular formula is C22H30N2O3. The van der Waals surface area contributed by atoms with Crippen LogP contribution in [-0.4, -0.2) is 35.8 Å². The van der Waals surface area contributed by atoms with E-state index in [1.54, 1.807) is 6.08 Å². The van der Waals surface area contributed by atoms with E-state index >= 15 is 0 Å². The molecule has 1 aliphatic rings. The maximum atomic E-state index is 12.9. The monoisotopic (exact) mass is 370 g/mol. The molecule has 0 bridgehead atoms. The SMILES string of the molecule is C=CCOc1cccc2c1cc(C(=O)NC(C)CC)n2CC1CCCCO1. The molecule has 1 saturated heterocycles. The van der Waals surface area contributed by atoms with Crippen LogP contribution in [0.5, 0.6) is 5.75 Å². The van der Waals surface area contributed by atoms with Crippen LogP contribution in [0, 0.1) is 0 Å². The van der Waals surface area contributed by atoms with Gasteiger partial charge in [0.15, 0.2) is 0 Å². The molecule has 146 valence electrons. The minimum Gasteiger partial charge on any atom is -0.489 e. The third-order valence-corrected chi connectivity index (χ3v) is 5.15. The van der Waals surface area contributed by atoms with Crippen LogP contribution in [0.25, 0.3) is 10.9 Å². The Hall–Kier alpha value is -2.27. The van der Waals surface area contributed by atoms with Gasteiger partial charge in [0.25, 0.3) is 5.91 Å². The van der Waals surface area contributed by atoms with E-state index in [-0.39, 0.29) is 18.1 Å². The van der Waals surface area contributed by atoms with Crippen molar-refractivity contribution in [2.75, 3.05) is 13.2 Å². The fourth-order valence-corrected chi connectivity index (χ4v) is 3.47. The highest BCUT2D eigenvalue weighted by Crippen LogP contribution is 2.30. The van der Waals surface area contributed by atoms with Crippen LogP contribution >= 0.6 is 0 Å². The Labute approximate surface area is 161 Å². The second kappa shape index (κ2) is 9.09. The van der Waals surface area contributed by atoms with E-state index in [2.05, 4.69) is 23.4 Å². The summed E-state index contributed by atoms with van der Waals surface area (Å²) in [5.41, 5.74) is 1.66. The van der Waals surface area contributed by atoms with E-state index in [4.69, 9.17) is 9.47 Å². The standard InChI is InChI=1S/C22H30N2O3/c1-4-12-27-21-11-8-10-19-18(21)14-20(22(25)23-16(3)5-2)24(19)15-17-9-6-7-13-26-17/h4,8,10-11,14,16-17H,1,5-7,9,12-13,15H2,2-3H3,(H,23,25). The van der Waals surface area contributed by atoms with Crippen molar-refractivity contribution in [1.82, 2.24) is 9.88 Å². The fourth-order valence-electron chi connectivity index (χ4n) is 3.47. The molecule has 1 amide bonds. The largest absolute Gasteiger partial charge is 0.489 e. The number of nitrogens with one attached hydrogen (secondary N) is 1. The van der Waals surface area contributed by atoms with Crippen molar-refractivity contribution >= 4 is 16.8 Å². The van der Waals surface area contributed by atoms with Crippen molar-refractivity contribution in [2.45, 2.75) is 58.2 Å². The first-order valence-corrected chi connectivity index (χ1v) is 9.92. The number of carbonyl (C=O) groups excluding carboxylic acids is 1. The van der Waals surface area contributed by atoms with Gasteiger partial charge in [0.05, 0.1) is 11.6 Å². The first-order valence-electron chi connectivity index (χ1n) is 9.92. The van der Waals surface area contributed by atoms with Gasteiger partial charge in [-0.05, 0) is 50.8 Å². The third-order valence-electron chi connectivity index (χ3n) is 5.15. The van der Waals surface area contributed by atoms with E-state index in [9.17, 15) is 4.79 Å². The molecule has 5 heteroatoms. The summed E-state index contributed by atoms with van der Waals surface area (Å²) in [5, 5.41) is 4.04.